The molecule has 0 spiro atoms. The Kier molecular flexibility index (Phi) is 5.63. The van der Waals surface area contributed by atoms with E-state index >= 15 is 0 Å². The number of halogens is 1. The van der Waals surface area contributed by atoms with Gasteiger partial charge in [-0.2, -0.15) is 0 Å². The van der Waals surface area contributed by atoms with Crippen LogP contribution < -0.4 is 4.74 Å². The van der Waals surface area contributed by atoms with Crippen LogP contribution in [-0.4, -0.2) is 34.3 Å². The van der Waals surface area contributed by atoms with Gasteiger partial charge < -0.3 is 14.4 Å². The van der Waals surface area contributed by atoms with Gasteiger partial charge in [0.15, 0.2) is 11.9 Å². The van der Waals surface area contributed by atoms with Crippen LogP contribution in [0.5, 0.6) is 5.75 Å². The maximum Gasteiger partial charge on any atom is 0.344 e. The first-order chi connectivity index (χ1) is 10.8. The van der Waals surface area contributed by atoms with Crippen molar-refractivity contribution < 1.29 is 19.2 Å². The maximum atomic E-state index is 10.8. The van der Waals surface area contributed by atoms with Crippen molar-refractivity contribution in [2.24, 2.45) is 0 Å². The topological polar surface area (TPSA) is 75.8 Å². The minimum atomic E-state index is -1.03. The van der Waals surface area contributed by atoms with E-state index in [0.29, 0.717) is 23.9 Å². The SMILES string of the molecule is Cc1cc(CN(C)Cc2ccc(OC(C)C(=O)O)c(Cl)c2)on1. The van der Waals surface area contributed by atoms with Gasteiger partial charge in [0, 0.05) is 12.6 Å². The van der Waals surface area contributed by atoms with Gasteiger partial charge in [-0.3, -0.25) is 4.90 Å². The van der Waals surface area contributed by atoms with Gasteiger partial charge in [-0.1, -0.05) is 22.8 Å². The highest BCUT2D eigenvalue weighted by molar-refractivity contribution is 6.32. The fourth-order valence-electron chi connectivity index (χ4n) is 2.10. The third-order valence-corrected chi connectivity index (χ3v) is 3.50. The van der Waals surface area contributed by atoms with Crippen molar-refractivity contribution in [2.45, 2.75) is 33.0 Å². The van der Waals surface area contributed by atoms with Gasteiger partial charge in [-0.25, -0.2) is 4.79 Å². The number of benzene rings is 1. The van der Waals surface area contributed by atoms with Gasteiger partial charge in [-0.05, 0) is 38.6 Å². The second kappa shape index (κ2) is 7.48. The molecular formula is C16H19ClN2O4. The lowest BCUT2D eigenvalue weighted by atomic mass is 10.2. The molecule has 2 aromatic rings. The average Bonchev–Trinajstić information content (AvgIpc) is 2.86. The van der Waals surface area contributed by atoms with E-state index in [4.69, 9.17) is 26.0 Å². The van der Waals surface area contributed by atoms with E-state index in [1.807, 2.05) is 26.1 Å². The molecule has 0 fully saturated rings. The highest BCUT2D eigenvalue weighted by atomic mass is 35.5. The van der Waals surface area contributed by atoms with Gasteiger partial charge in [0.2, 0.25) is 0 Å². The van der Waals surface area contributed by atoms with E-state index in [1.54, 1.807) is 12.1 Å². The van der Waals surface area contributed by atoms with Gasteiger partial charge in [-0.15, -0.1) is 0 Å². The summed E-state index contributed by atoms with van der Waals surface area (Å²) in [5.74, 6) is 0.123. The highest BCUT2D eigenvalue weighted by Gasteiger charge is 2.15. The molecular weight excluding hydrogens is 320 g/mol. The predicted octanol–water partition coefficient (Wildman–Crippen LogP) is 3.12. The summed E-state index contributed by atoms with van der Waals surface area (Å²) in [5.41, 5.74) is 1.84. The summed E-state index contributed by atoms with van der Waals surface area (Å²) < 4.78 is 10.5. The van der Waals surface area contributed by atoms with Crippen molar-refractivity contribution in [2.75, 3.05) is 7.05 Å². The van der Waals surface area contributed by atoms with Crippen molar-refractivity contribution in [3.05, 3.63) is 46.3 Å². The van der Waals surface area contributed by atoms with Gasteiger partial charge in [0.05, 0.1) is 17.3 Å². The Balaban J connectivity index is 1.98. The lowest BCUT2D eigenvalue weighted by Crippen LogP contribution is -2.23. The fraction of sp³-hybridized carbons (Fsp3) is 0.375. The molecule has 0 bridgehead atoms. The maximum absolute atomic E-state index is 10.8. The molecule has 1 heterocycles. The molecule has 7 heteroatoms. The third kappa shape index (κ3) is 4.97. The van der Waals surface area contributed by atoms with E-state index in [1.165, 1.54) is 6.92 Å². The normalized spacial score (nSPS) is 12.4. The first-order valence-corrected chi connectivity index (χ1v) is 7.51. The van der Waals surface area contributed by atoms with E-state index < -0.39 is 12.1 Å². The minimum Gasteiger partial charge on any atom is -0.479 e. The Morgan fingerprint density at radius 1 is 1.43 bits per heavy atom. The number of carboxylic acids is 1. The Morgan fingerprint density at radius 3 is 2.74 bits per heavy atom. The molecule has 6 nitrogen and oxygen atoms in total. The Hall–Kier alpha value is -2.05. The Bertz CT molecular complexity index is 686. The summed E-state index contributed by atoms with van der Waals surface area (Å²) in [7, 11) is 1.96. The second-order valence-corrected chi connectivity index (χ2v) is 5.88. The van der Waals surface area contributed by atoms with E-state index in [9.17, 15) is 4.79 Å². The minimum absolute atomic E-state index is 0.360. The molecule has 1 N–H and O–H groups in total. The number of carboxylic acid groups (broad SMARTS) is 1. The average molecular weight is 339 g/mol. The lowest BCUT2D eigenvalue weighted by Gasteiger charge is -2.16. The Morgan fingerprint density at radius 2 is 2.17 bits per heavy atom. The van der Waals surface area contributed by atoms with E-state index in [0.717, 1.165) is 17.0 Å². The van der Waals surface area contributed by atoms with Gasteiger partial charge >= 0.3 is 5.97 Å². The zero-order valence-corrected chi connectivity index (χ0v) is 14.0. The summed E-state index contributed by atoms with van der Waals surface area (Å²) in [6, 6.07) is 7.21. The third-order valence-electron chi connectivity index (χ3n) is 3.20. The van der Waals surface area contributed by atoms with Crippen molar-refractivity contribution >= 4 is 17.6 Å². The molecule has 124 valence electrons. The molecule has 2 rings (SSSR count). The lowest BCUT2D eigenvalue weighted by molar-refractivity contribution is -0.144. The van der Waals surface area contributed by atoms with Crippen LogP contribution in [-0.2, 0) is 17.9 Å². The van der Waals surface area contributed by atoms with Gasteiger partial charge in [0.1, 0.15) is 5.75 Å². The number of hydrogen-bond donors (Lipinski definition) is 1. The van der Waals surface area contributed by atoms with Crippen molar-refractivity contribution in [1.82, 2.24) is 10.1 Å². The van der Waals surface area contributed by atoms with E-state index in [2.05, 4.69) is 10.1 Å². The molecule has 1 atom stereocenters. The summed E-state index contributed by atoms with van der Waals surface area (Å²) in [6.45, 7) is 4.63. The molecule has 23 heavy (non-hydrogen) atoms. The number of aryl methyl sites for hydroxylation is 1. The number of carbonyl (C=O) groups is 1. The van der Waals surface area contributed by atoms with Crippen LogP contribution in [0.25, 0.3) is 0 Å². The summed E-state index contributed by atoms with van der Waals surface area (Å²) in [4.78, 5) is 12.9. The van der Waals surface area contributed by atoms with Crippen LogP contribution >= 0.6 is 11.6 Å². The van der Waals surface area contributed by atoms with E-state index in [-0.39, 0.29) is 0 Å². The standard InChI is InChI=1S/C16H19ClN2O4/c1-10-6-13(23-18-10)9-19(3)8-12-4-5-15(14(17)7-12)22-11(2)16(20)21/h4-7,11H,8-9H2,1-3H3,(H,20,21). The number of hydrogen-bond acceptors (Lipinski definition) is 5. The molecule has 1 aromatic heterocycles. The zero-order chi connectivity index (χ0) is 17.0. The summed E-state index contributed by atoms with van der Waals surface area (Å²) in [5, 5.41) is 13.1. The van der Waals surface area contributed by atoms with Crippen LogP contribution in [0.3, 0.4) is 0 Å². The van der Waals surface area contributed by atoms with Crippen LogP contribution in [0, 0.1) is 6.92 Å². The molecule has 0 aliphatic carbocycles. The molecule has 0 aliphatic rings. The molecule has 1 aromatic carbocycles. The number of rotatable bonds is 7. The van der Waals surface area contributed by atoms with Crippen LogP contribution in [0.2, 0.25) is 5.02 Å². The molecule has 0 saturated heterocycles. The summed E-state index contributed by atoms with van der Waals surface area (Å²) >= 11 is 6.16. The molecule has 0 radical (unpaired) electrons. The molecule has 1 unspecified atom stereocenters. The molecule has 0 aliphatic heterocycles. The first-order valence-electron chi connectivity index (χ1n) is 7.14. The van der Waals surface area contributed by atoms with Crippen LogP contribution in [0.4, 0.5) is 0 Å². The predicted molar refractivity (Wildman–Crippen MR) is 85.6 cm³/mol. The molecule has 0 amide bonds. The second-order valence-electron chi connectivity index (χ2n) is 5.47. The largest absolute Gasteiger partial charge is 0.479 e. The number of aromatic nitrogens is 1. The van der Waals surface area contributed by atoms with Crippen LogP contribution in [0.1, 0.15) is 23.9 Å². The first kappa shape index (κ1) is 17.3. The fourth-order valence-corrected chi connectivity index (χ4v) is 2.35. The van der Waals surface area contributed by atoms with Crippen LogP contribution in [0.15, 0.2) is 28.8 Å². The van der Waals surface area contributed by atoms with Gasteiger partial charge in [0.25, 0.3) is 0 Å². The Labute approximate surface area is 139 Å². The quantitative estimate of drug-likeness (QED) is 0.836. The van der Waals surface area contributed by atoms with Crippen molar-refractivity contribution in [1.29, 1.82) is 0 Å². The smallest absolute Gasteiger partial charge is 0.344 e. The monoisotopic (exact) mass is 338 g/mol. The number of ether oxygens (including phenoxy) is 1. The van der Waals surface area contributed by atoms with Crippen molar-refractivity contribution in [3.63, 3.8) is 0 Å². The zero-order valence-electron chi connectivity index (χ0n) is 13.2. The highest BCUT2D eigenvalue weighted by Crippen LogP contribution is 2.27. The molecule has 0 saturated carbocycles. The number of aliphatic carboxylic acids is 1. The number of nitrogens with zero attached hydrogens (tertiary/aromatic N) is 2. The van der Waals surface area contributed by atoms with Crippen molar-refractivity contribution in [3.8, 4) is 5.75 Å². The summed E-state index contributed by atoms with van der Waals surface area (Å²) in [6.07, 6.45) is -0.948.